The second-order valence-corrected chi connectivity index (χ2v) is 7.61. The quantitative estimate of drug-likeness (QED) is 0.747. The van der Waals surface area contributed by atoms with E-state index in [9.17, 15) is 19.2 Å². The molecule has 4 heterocycles. The maximum Gasteiger partial charge on any atom is 0.328 e. The van der Waals surface area contributed by atoms with E-state index in [0.29, 0.717) is 19.6 Å². The van der Waals surface area contributed by atoms with Crippen LogP contribution in [-0.2, 0) is 16.6 Å². The van der Waals surface area contributed by atoms with Crippen molar-refractivity contribution in [3.63, 3.8) is 0 Å². The Labute approximate surface area is 149 Å². The molecule has 3 atom stereocenters. The van der Waals surface area contributed by atoms with Crippen LogP contribution in [-0.4, -0.2) is 62.1 Å². The van der Waals surface area contributed by atoms with Crippen LogP contribution in [0.5, 0.6) is 0 Å². The van der Waals surface area contributed by atoms with Crippen molar-refractivity contribution >= 4 is 11.8 Å². The van der Waals surface area contributed by atoms with Crippen LogP contribution in [0.25, 0.3) is 0 Å². The highest BCUT2D eigenvalue weighted by Crippen LogP contribution is 2.49. The summed E-state index contributed by atoms with van der Waals surface area (Å²) in [5.41, 5.74) is -2.18. The fourth-order valence-electron chi connectivity index (χ4n) is 4.48. The van der Waals surface area contributed by atoms with E-state index in [-0.39, 0.29) is 29.9 Å². The van der Waals surface area contributed by atoms with E-state index in [2.05, 4.69) is 18.8 Å². The number of hydrogen-bond donors (Lipinski definition) is 1. The molecule has 3 saturated heterocycles. The molecule has 3 aliphatic heterocycles. The predicted molar refractivity (Wildman–Crippen MR) is 90.5 cm³/mol. The van der Waals surface area contributed by atoms with Crippen LogP contribution in [0.1, 0.15) is 37.0 Å². The highest BCUT2D eigenvalue weighted by Gasteiger charge is 2.65. The van der Waals surface area contributed by atoms with Crippen molar-refractivity contribution in [2.24, 2.45) is 13.0 Å². The van der Waals surface area contributed by atoms with Gasteiger partial charge in [0.2, 0.25) is 5.91 Å². The largest absolute Gasteiger partial charge is 0.351 e. The first kappa shape index (κ1) is 17.0. The normalized spacial score (nSPS) is 30.2. The minimum atomic E-state index is -0.783. The molecular formula is C17H22N4O5. The average Bonchev–Trinajstić information content (AvgIpc) is 3.19. The molecular weight excluding hydrogens is 340 g/mol. The van der Waals surface area contributed by atoms with E-state index in [0.717, 1.165) is 4.57 Å². The zero-order valence-corrected chi connectivity index (χ0v) is 15.0. The third kappa shape index (κ3) is 2.13. The molecule has 9 heteroatoms. The third-order valence-electron chi connectivity index (χ3n) is 5.86. The SMILES string of the molecule is CC(C)[C@@H]1CO[C@@]23CCN(C(=O)c4cn(C)c(=O)[nH]c4=O)[C@@H]2CC(=O)N13. The number of aromatic amines is 1. The molecule has 4 rings (SSSR count). The van der Waals surface area contributed by atoms with E-state index >= 15 is 0 Å². The van der Waals surface area contributed by atoms with E-state index in [4.69, 9.17) is 4.74 Å². The Hall–Kier alpha value is -2.42. The lowest BCUT2D eigenvalue weighted by Gasteiger charge is -2.34. The molecule has 140 valence electrons. The van der Waals surface area contributed by atoms with Gasteiger partial charge in [-0.1, -0.05) is 13.8 Å². The van der Waals surface area contributed by atoms with E-state index in [1.807, 2.05) is 4.90 Å². The molecule has 3 aliphatic rings. The molecule has 1 N–H and O–H groups in total. The lowest BCUT2D eigenvalue weighted by Crippen LogP contribution is -2.51. The Morgan fingerprint density at radius 2 is 2.08 bits per heavy atom. The number of H-pyrrole nitrogens is 1. The summed E-state index contributed by atoms with van der Waals surface area (Å²) in [5.74, 6) is -0.235. The molecule has 0 bridgehead atoms. The summed E-state index contributed by atoms with van der Waals surface area (Å²) >= 11 is 0. The highest BCUT2D eigenvalue weighted by atomic mass is 16.5. The van der Waals surface area contributed by atoms with Gasteiger partial charge in [0.25, 0.3) is 11.5 Å². The van der Waals surface area contributed by atoms with Crippen LogP contribution in [0.2, 0.25) is 0 Å². The summed E-state index contributed by atoms with van der Waals surface area (Å²) < 4.78 is 7.25. The van der Waals surface area contributed by atoms with E-state index in [1.165, 1.54) is 13.2 Å². The summed E-state index contributed by atoms with van der Waals surface area (Å²) in [4.78, 5) is 54.8. The molecule has 0 aliphatic carbocycles. The zero-order chi connectivity index (χ0) is 18.8. The van der Waals surface area contributed by atoms with Gasteiger partial charge in [0.15, 0.2) is 5.72 Å². The van der Waals surface area contributed by atoms with Crippen LogP contribution in [0, 0.1) is 5.92 Å². The Kier molecular flexibility index (Phi) is 3.62. The number of nitrogens with one attached hydrogen (secondary N) is 1. The fraction of sp³-hybridized carbons (Fsp3) is 0.647. The first-order chi connectivity index (χ1) is 12.3. The lowest BCUT2D eigenvalue weighted by molar-refractivity contribution is -0.139. The number of carbonyl (C=O) groups excluding carboxylic acids is 2. The molecule has 0 aromatic carbocycles. The molecule has 0 radical (unpaired) electrons. The standard InChI is InChI=1S/C17H22N4O5/c1-9(2)11-8-26-17-4-5-20(12(17)6-13(22)21(11)17)15(24)10-7-19(3)16(25)18-14(10)23/h7,9,11-12H,4-6,8H2,1-3H3,(H,18,23,25)/t11-,12+,17-/m0/s1. The number of carbonyl (C=O) groups is 2. The molecule has 9 nitrogen and oxygen atoms in total. The van der Waals surface area contributed by atoms with Crippen LogP contribution >= 0.6 is 0 Å². The third-order valence-corrected chi connectivity index (χ3v) is 5.86. The molecule has 0 saturated carbocycles. The summed E-state index contributed by atoms with van der Waals surface area (Å²) in [6, 6.07) is -0.411. The number of hydrogen-bond acceptors (Lipinski definition) is 5. The highest BCUT2D eigenvalue weighted by molar-refractivity contribution is 5.95. The van der Waals surface area contributed by atoms with Crippen LogP contribution < -0.4 is 11.2 Å². The summed E-state index contributed by atoms with van der Waals surface area (Å²) in [6.07, 6.45) is 1.97. The minimum Gasteiger partial charge on any atom is -0.351 e. The van der Waals surface area contributed by atoms with Gasteiger partial charge in [-0.25, -0.2) is 4.79 Å². The number of nitrogens with zero attached hydrogens (tertiary/aromatic N) is 3. The molecule has 1 spiro atoms. The second kappa shape index (κ2) is 5.54. The van der Waals surface area contributed by atoms with E-state index < -0.39 is 28.9 Å². The van der Waals surface area contributed by atoms with Gasteiger partial charge in [-0.3, -0.25) is 19.4 Å². The molecule has 26 heavy (non-hydrogen) atoms. The van der Waals surface area contributed by atoms with Crippen molar-refractivity contribution in [2.45, 2.75) is 44.5 Å². The first-order valence-electron chi connectivity index (χ1n) is 8.83. The summed E-state index contributed by atoms with van der Waals surface area (Å²) in [7, 11) is 1.47. The van der Waals surface area contributed by atoms with Gasteiger partial charge < -0.3 is 19.1 Å². The number of rotatable bonds is 2. The van der Waals surface area contributed by atoms with Crippen LogP contribution in [0.15, 0.2) is 15.8 Å². The first-order valence-corrected chi connectivity index (χ1v) is 8.83. The summed E-state index contributed by atoms with van der Waals surface area (Å²) in [5, 5.41) is 0. The van der Waals surface area contributed by atoms with Gasteiger partial charge in [0.05, 0.1) is 25.1 Å². The predicted octanol–water partition coefficient (Wildman–Crippen LogP) is -0.728. The Balaban J connectivity index is 1.69. The van der Waals surface area contributed by atoms with Crippen molar-refractivity contribution in [1.82, 2.24) is 19.4 Å². The van der Waals surface area contributed by atoms with Crippen molar-refractivity contribution in [2.75, 3.05) is 13.2 Å². The van der Waals surface area contributed by atoms with Gasteiger partial charge in [-0.2, -0.15) is 0 Å². The number of ether oxygens (including phenoxy) is 1. The number of aryl methyl sites for hydroxylation is 1. The van der Waals surface area contributed by atoms with Crippen LogP contribution in [0.4, 0.5) is 0 Å². The molecule has 3 fully saturated rings. The fourth-order valence-corrected chi connectivity index (χ4v) is 4.48. The maximum atomic E-state index is 13.0. The van der Waals surface area contributed by atoms with Crippen molar-refractivity contribution in [3.05, 3.63) is 32.6 Å². The zero-order valence-electron chi connectivity index (χ0n) is 15.0. The van der Waals surface area contributed by atoms with Crippen molar-refractivity contribution in [3.8, 4) is 0 Å². The van der Waals surface area contributed by atoms with Crippen molar-refractivity contribution < 1.29 is 14.3 Å². The van der Waals surface area contributed by atoms with Crippen LogP contribution in [0.3, 0.4) is 0 Å². The van der Waals surface area contributed by atoms with Gasteiger partial charge in [0.1, 0.15) is 5.56 Å². The topological polar surface area (TPSA) is 105 Å². The van der Waals surface area contributed by atoms with Gasteiger partial charge in [-0.05, 0) is 5.92 Å². The average molecular weight is 362 g/mol. The Morgan fingerprint density at radius 3 is 2.77 bits per heavy atom. The lowest BCUT2D eigenvalue weighted by atomic mass is 10.0. The monoisotopic (exact) mass is 362 g/mol. The number of likely N-dealkylation sites (tertiary alicyclic amines) is 1. The molecule has 0 unspecified atom stereocenters. The molecule has 1 aromatic rings. The molecule has 2 amide bonds. The van der Waals surface area contributed by atoms with E-state index in [1.54, 1.807) is 4.90 Å². The minimum absolute atomic E-state index is 0.00324. The van der Waals surface area contributed by atoms with Gasteiger partial charge in [-0.15, -0.1) is 0 Å². The number of amides is 2. The maximum absolute atomic E-state index is 13.0. The summed E-state index contributed by atoms with van der Waals surface area (Å²) in [6.45, 7) is 4.97. The Bertz CT molecular complexity index is 903. The van der Waals surface area contributed by atoms with Gasteiger partial charge in [0, 0.05) is 26.2 Å². The smallest absolute Gasteiger partial charge is 0.328 e. The second-order valence-electron chi connectivity index (χ2n) is 7.61. The van der Waals surface area contributed by atoms with Gasteiger partial charge >= 0.3 is 5.69 Å². The Morgan fingerprint density at radius 1 is 1.35 bits per heavy atom. The number of aromatic nitrogens is 2. The molecule has 1 aromatic heterocycles. The van der Waals surface area contributed by atoms with Crippen molar-refractivity contribution in [1.29, 1.82) is 0 Å².